The van der Waals surface area contributed by atoms with Crippen LogP contribution >= 0.6 is 0 Å². The summed E-state index contributed by atoms with van der Waals surface area (Å²) in [7, 11) is 0. The van der Waals surface area contributed by atoms with Gasteiger partial charge >= 0.3 is 0 Å². The van der Waals surface area contributed by atoms with Gasteiger partial charge in [0.25, 0.3) is 17.7 Å². The third-order valence-electron chi connectivity index (χ3n) is 5.74. The fraction of sp³-hybridized carbons (Fsp3) is 0.111. The molecule has 1 N–H and O–H groups in total. The average Bonchev–Trinajstić information content (AvgIpc) is 3.31. The Hall–Kier alpha value is -4.52. The van der Waals surface area contributed by atoms with Gasteiger partial charge in [-0.15, -0.1) is 0 Å². The first-order valence-corrected chi connectivity index (χ1v) is 10.9. The topological polar surface area (TPSA) is 84.3 Å². The van der Waals surface area contributed by atoms with E-state index in [0.717, 1.165) is 16.8 Å². The van der Waals surface area contributed by atoms with Crippen LogP contribution < -0.4 is 5.32 Å². The van der Waals surface area contributed by atoms with Crippen molar-refractivity contribution in [1.29, 1.82) is 0 Å². The van der Waals surface area contributed by atoms with Crippen molar-refractivity contribution in [3.8, 4) is 0 Å². The molecular formula is C27H22N4O3. The van der Waals surface area contributed by atoms with E-state index < -0.39 is 5.91 Å². The van der Waals surface area contributed by atoms with Crippen LogP contribution in [0.4, 0.5) is 5.82 Å². The van der Waals surface area contributed by atoms with Crippen molar-refractivity contribution in [2.75, 3.05) is 5.32 Å². The highest BCUT2D eigenvalue weighted by Crippen LogP contribution is 2.26. The molecule has 0 atom stereocenters. The number of hydrogen-bond acceptors (Lipinski definition) is 4. The second-order valence-corrected chi connectivity index (χ2v) is 8.21. The zero-order valence-corrected chi connectivity index (χ0v) is 18.6. The lowest BCUT2D eigenvalue weighted by Gasteiger charge is -2.13. The van der Waals surface area contributed by atoms with Gasteiger partial charge in [-0.2, -0.15) is 5.10 Å². The molecule has 0 saturated carbocycles. The Labute approximate surface area is 196 Å². The first-order valence-electron chi connectivity index (χ1n) is 10.9. The molecule has 0 bridgehead atoms. The van der Waals surface area contributed by atoms with E-state index in [9.17, 15) is 14.4 Å². The molecular weight excluding hydrogens is 428 g/mol. The number of benzene rings is 3. The summed E-state index contributed by atoms with van der Waals surface area (Å²) in [6, 6.07) is 25.6. The summed E-state index contributed by atoms with van der Waals surface area (Å²) in [4.78, 5) is 40.0. The fourth-order valence-electron chi connectivity index (χ4n) is 4.05. The van der Waals surface area contributed by atoms with Gasteiger partial charge in [0.05, 0.1) is 29.9 Å². The van der Waals surface area contributed by atoms with Crippen LogP contribution in [0.15, 0.2) is 84.9 Å². The number of hydrogen-bond donors (Lipinski definition) is 1. The summed E-state index contributed by atoms with van der Waals surface area (Å²) < 4.78 is 1.73. The molecule has 7 nitrogen and oxygen atoms in total. The molecule has 1 aromatic heterocycles. The second kappa shape index (κ2) is 8.78. The van der Waals surface area contributed by atoms with Crippen LogP contribution in [0.3, 0.4) is 0 Å². The first kappa shape index (κ1) is 21.3. The predicted molar refractivity (Wildman–Crippen MR) is 128 cm³/mol. The van der Waals surface area contributed by atoms with E-state index in [1.165, 1.54) is 11.0 Å². The van der Waals surface area contributed by atoms with Gasteiger partial charge < -0.3 is 5.32 Å². The van der Waals surface area contributed by atoms with Gasteiger partial charge in [-0.25, -0.2) is 4.68 Å². The molecule has 0 spiro atoms. The lowest BCUT2D eigenvalue weighted by molar-refractivity contribution is 0.0642. The molecule has 0 fully saturated rings. The summed E-state index contributed by atoms with van der Waals surface area (Å²) >= 11 is 0. The SMILES string of the molecule is Cc1cc(NC(=O)c2ccc3c(c2)C(=O)N(Cc2ccccc2)C3=O)n(Cc2ccccc2)n1. The molecule has 3 amide bonds. The van der Waals surface area contributed by atoms with Crippen LogP contribution in [0.2, 0.25) is 0 Å². The van der Waals surface area contributed by atoms with E-state index >= 15 is 0 Å². The maximum Gasteiger partial charge on any atom is 0.261 e. The second-order valence-electron chi connectivity index (χ2n) is 8.21. The molecule has 3 aromatic carbocycles. The highest BCUT2D eigenvalue weighted by Gasteiger charge is 2.36. The molecule has 5 rings (SSSR count). The zero-order valence-electron chi connectivity index (χ0n) is 18.6. The highest BCUT2D eigenvalue weighted by molar-refractivity contribution is 6.22. The van der Waals surface area contributed by atoms with Gasteiger partial charge in [-0.3, -0.25) is 19.3 Å². The normalized spacial score (nSPS) is 12.7. The molecule has 1 aliphatic rings. The number of anilines is 1. The largest absolute Gasteiger partial charge is 0.307 e. The number of aromatic nitrogens is 2. The fourth-order valence-corrected chi connectivity index (χ4v) is 4.05. The molecule has 168 valence electrons. The Morgan fingerprint density at radius 1 is 0.794 bits per heavy atom. The van der Waals surface area contributed by atoms with Crippen LogP contribution in [0, 0.1) is 6.92 Å². The van der Waals surface area contributed by atoms with E-state index in [0.29, 0.717) is 23.5 Å². The number of carbonyl (C=O) groups is 3. The maximum absolute atomic E-state index is 13.0. The Bertz CT molecular complexity index is 1390. The summed E-state index contributed by atoms with van der Waals surface area (Å²) in [6.07, 6.45) is 0. The summed E-state index contributed by atoms with van der Waals surface area (Å²) in [6.45, 7) is 2.56. The Balaban J connectivity index is 1.36. The average molecular weight is 450 g/mol. The van der Waals surface area contributed by atoms with E-state index in [-0.39, 0.29) is 23.9 Å². The third-order valence-corrected chi connectivity index (χ3v) is 5.74. The molecule has 0 unspecified atom stereocenters. The van der Waals surface area contributed by atoms with Crippen molar-refractivity contribution >= 4 is 23.5 Å². The quantitative estimate of drug-likeness (QED) is 0.444. The monoisotopic (exact) mass is 450 g/mol. The van der Waals surface area contributed by atoms with Crippen molar-refractivity contribution in [2.24, 2.45) is 0 Å². The van der Waals surface area contributed by atoms with Crippen LogP contribution in [0.25, 0.3) is 0 Å². The van der Waals surface area contributed by atoms with E-state index in [4.69, 9.17) is 0 Å². The smallest absolute Gasteiger partial charge is 0.261 e. The number of imide groups is 1. The predicted octanol–water partition coefficient (Wildman–Crippen LogP) is 4.29. The van der Waals surface area contributed by atoms with Crippen molar-refractivity contribution < 1.29 is 14.4 Å². The maximum atomic E-state index is 13.0. The van der Waals surface area contributed by atoms with Gasteiger partial charge in [0.1, 0.15) is 5.82 Å². The van der Waals surface area contributed by atoms with Crippen molar-refractivity contribution in [3.63, 3.8) is 0 Å². The minimum Gasteiger partial charge on any atom is -0.307 e. The lowest BCUT2D eigenvalue weighted by Crippen LogP contribution is -2.29. The number of amides is 3. The van der Waals surface area contributed by atoms with Crippen LogP contribution in [0.1, 0.15) is 47.9 Å². The van der Waals surface area contributed by atoms with Gasteiger partial charge in [0, 0.05) is 11.6 Å². The van der Waals surface area contributed by atoms with Gasteiger partial charge in [0.15, 0.2) is 0 Å². The molecule has 7 heteroatoms. The summed E-state index contributed by atoms with van der Waals surface area (Å²) in [5.74, 6) is -0.574. The van der Waals surface area contributed by atoms with Gasteiger partial charge in [-0.1, -0.05) is 60.7 Å². The number of rotatable bonds is 6. The van der Waals surface area contributed by atoms with Crippen LogP contribution in [0.5, 0.6) is 0 Å². The number of nitrogens with zero attached hydrogens (tertiary/aromatic N) is 3. The van der Waals surface area contributed by atoms with E-state index in [1.807, 2.05) is 67.6 Å². The molecule has 2 heterocycles. The van der Waals surface area contributed by atoms with Gasteiger partial charge in [-0.05, 0) is 36.2 Å². The summed E-state index contributed by atoms with van der Waals surface area (Å²) in [5.41, 5.74) is 3.53. The number of nitrogens with one attached hydrogen (secondary N) is 1. The molecule has 34 heavy (non-hydrogen) atoms. The number of carbonyl (C=O) groups excluding carboxylic acids is 3. The van der Waals surface area contributed by atoms with Crippen molar-refractivity contribution in [1.82, 2.24) is 14.7 Å². The van der Waals surface area contributed by atoms with E-state index in [1.54, 1.807) is 22.9 Å². The van der Waals surface area contributed by atoms with Crippen LogP contribution in [-0.4, -0.2) is 32.4 Å². The standard InChI is InChI=1S/C27H22N4O3/c1-18-14-24(31(29-18)17-20-10-6-3-7-11-20)28-25(32)21-12-13-22-23(15-21)27(34)30(26(22)33)16-19-8-4-2-5-9-19/h2-15H,16-17H2,1H3,(H,28,32). The number of fused-ring (bicyclic) bond motifs is 1. The first-order chi connectivity index (χ1) is 16.5. The Morgan fingerprint density at radius 2 is 1.41 bits per heavy atom. The molecule has 0 saturated heterocycles. The van der Waals surface area contributed by atoms with Gasteiger partial charge in [0.2, 0.25) is 0 Å². The minimum absolute atomic E-state index is 0.187. The molecule has 1 aliphatic heterocycles. The van der Waals surface area contributed by atoms with Crippen LogP contribution in [-0.2, 0) is 13.1 Å². The number of aryl methyl sites for hydroxylation is 1. The van der Waals surface area contributed by atoms with Crippen molar-refractivity contribution in [2.45, 2.75) is 20.0 Å². The molecule has 0 aliphatic carbocycles. The van der Waals surface area contributed by atoms with Crippen molar-refractivity contribution in [3.05, 3.63) is 118 Å². The lowest BCUT2D eigenvalue weighted by atomic mass is 10.1. The Kier molecular flexibility index (Phi) is 5.51. The molecule has 0 radical (unpaired) electrons. The zero-order chi connectivity index (χ0) is 23.7. The minimum atomic E-state index is -0.400. The third kappa shape index (κ3) is 4.11. The summed E-state index contributed by atoms with van der Waals surface area (Å²) in [5, 5.41) is 7.37. The Morgan fingerprint density at radius 3 is 2.09 bits per heavy atom. The molecule has 4 aromatic rings. The highest BCUT2D eigenvalue weighted by atomic mass is 16.2. The van der Waals surface area contributed by atoms with E-state index in [2.05, 4.69) is 10.4 Å².